The fourth-order valence-electron chi connectivity index (χ4n) is 3.66. The maximum absolute atomic E-state index is 11.2. The lowest BCUT2D eigenvalue weighted by Crippen LogP contribution is -2.41. The van der Waals surface area contributed by atoms with Crippen LogP contribution in [0.25, 0.3) is 0 Å². The number of hydrogen-bond acceptors (Lipinski definition) is 5. The molecular weight excluding hydrogens is 388 g/mol. The number of aliphatic hydroxyl groups excluding tert-OH is 1. The molecule has 6 nitrogen and oxygen atoms in total. The summed E-state index contributed by atoms with van der Waals surface area (Å²) in [6.45, 7) is -1.20. The van der Waals surface area contributed by atoms with Crippen LogP contribution in [0.2, 0.25) is 0 Å². The summed E-state index contributed by atoms with van der Waals surface area (Å²) in [5.41, 5.74) is 0.755. The van der Waals surface area contributed by atoms with Gasteiger partial charge in [-0.3, -0.25) is 4.79 Å². The smallest absolute Gasteiger partial charge is 0.327 e. The monoisotopic (exact) mass is 431 g/mol. The predicted molar refractivity (Wildman–Crippen MR) is 120 cm³/mol. The van der Waals surface area contributed by atoms with Crippen molar-refractivity contribution in [2.75, 3.05) is 18.1 Å². The minimum atomic E-state index is -2.86. The van der Waals surface area contributed by atoms with Crippen molar-refractivity contribution in [2.45, 2.75) is 96.1 Å². The molecular formula is C22H40N2O4S. The Labute approximate surface area is 184 Å². The summed E-state index contributed by atoms with van der Waals surface area (Å²) in [4.78, 5) is 22.1. The van der Waals surface area contributed by atoms with E-state index in [2.05, 4.69) is 5.32 Å². The average Bonchev–Trinajstić information content (AvgIpc) is 2.76. The van der Waals surface area contributed by atoms with Crippen LogP contribution < -0.4 is 10.6 Å². The summed E-state index contributed by atoms with van der Waals surface area (Å²) < 4.78 is 20.6. The molecule has 0 aliphatic heterocycles. The predicted octanol–water partition coefficient (Wildman–Crippen LogP) is 3.49. The van der Waals surface area contributed by atoms with Crippen LogP contribution in [0, 0.1) is 0 Å². The van der Waals surface area contributed by atoms with E-state index in [4.69, 9.17) is 14.3 Å². The molecule has 0 spiro atoms. The number of aliphatic hydroxyl groups is 1. The Balaban J connectivity index is 0.000000339. The topological polar surface area (TPSA) is 98.7 Å². The van der Waals surface area contributed by atoms with Crippen molar-refractivity contribution in [3.63, 3.8) is 0 Å². The molecule has 0 radical (unpaired) electrons. The third kappa shape index (κ3) is 13.0. The molecule has 2 saturated carbocycles. The van der Waals surface area contributed by atoms with Crippen molar-refractivity contribution >= 4 is 23.6 Å². The first-order valence-corrected chi connectivity index (χ1v) is 11.9. The van der Waals surface area contributed by atoms with Gasteiger partial charge in [0.15, 0.2) is 0 Å². The molecule has 7 heteroatoms. The van der Waals surface area contributed by atoms with Gasteiger partial charge in [-0.15, -0.1) is 0 Å². The molecule has 2 rings (SSSR count). The maximum atomic E-state index is 11.2. The molecule has 4 N–H and O–H groups in total. The maximum Gasteiger partial charge on any atom is 0.327 e. The molecule has 2 fully saturated rings. The quantitative estimate of drug-likeness (QED) is 0.329. The summed E-state index contributed by atoms with van der Waals surface area (Å²) in [7, 11) is 0. The van der Waals surface area contributed by atoms with Gasteiger partial charge in [0.05, 0.1) is 6.61 Å². The van der Waals surface area contributed by atoms with Crippen molar-refractivity contribution in [1.29, 1.82) is 0 Å². The Morgan fingerprint density at radius 3 is 2.10 bits per heavy atom. The number of carbonyl (C=O) groups is 2. The Hall–Kier alpha value is -1.05. The summed E-state index contributed by atoms with van der Waals surface area (Å²) in [5.74, 6) is -2.04. The molecule has 0 heterocycles. The largest absolute Gasteiger partial charge is 0.480 e. The van der Waals surface area contributed by atoms with Crippen LogP contribution >= 0.6 is 11.8 Å². The van der Waals surface area contributed by atoms with E-state index in [1.165, 1.54) is 76.0 Å². The molecule has 0 aromatic rings. The van der Waals surface area contributed by atoms with Crippen molar-refractivity contribution in [1.82, 2.24) is 10.6 Å². The van der Waals surface area contributed by atoms with E-state index in [1.807, 2.05) is 5.32 Å². The van der Waals surface area contributed by atoms with E-state index in [9.17, 15) is 9.59 Å². The minimum absolute atomic E-state index is 0.0480. The van der Waals surface area contributed by atoms with Crippen molar-refractivity contribution in [3.8, 4) is 0 Å². The highest BCUT2D eigenvalue weighted by atomic mass is 32.2. The Morgan fingerprint density at radius 2 is 1.66 bits per heavy atom. The minimum Gasteiger partial charge on any atom is -0.480 e. The fraction of sp³-hybridized carbons (Fsp3) is 0.818. The van der Waals surface area contributed by atoms with Crippen LogP contribution in [-0.2, 0) is 9.59 Å². The zero-order valence-electron chi connectivity index (χ0n) is 20.6. The van der Waals surface area contributed by atoms with Gasteiger partial charge in [0, 0.05) is 34.6 Å². The highest BCUT2D eigenvalue weighted by Gasteiger charge is 2.19. The first-order chi connectivity index (χ1) is 15.1. The van der Waals surface area contributed by atoms with Gasteiger partial charge in [-0.25, -0.2) is 4.79 Å². The van der Waals surface area contributed by atoms with Crippen LogP contribution in [0.5, 0.6) is 0 Å². The van der Waals surface area contributed by atoms with Crippen LogP contribution in [0.4, 0.5) is 0 Å². The van der Waals surface area contributed by atoms with Crippen LogP contribution in [0.3, 0.4) is 0 Å². The van der Waals surface area contributed by atoms with Crippen LogP contribution in [0.15, 0.2) is 11.6 Å². The zero-order valence-corrected chi connectivity index (χ0v) is 18.4. The van der Waals surface area contributed by atoms with E-state index < -0.39 is 24.8 Å². The molecule has 2 aliphatic carbocycles. The van der Waals surface area contributed by atoms with E-state index in [-0.39, 0.29) is 12.4 Å². The first kappa shape index (κ1) is 21.2. The highest BCUT2D eigenvalue weighted by molar-refractivity contribution is 7.99. The SMILES string of the molecule is C1CCC(NC2CCCCC2)CC1.[2H]C([2H])([2H])C(=O)N[C@@H](CSC/C=C(\C)CO)C(=O)O. The number of carboxylic acid groups (broad SMARTS) is 1. The Kier molecular flexibility index (Phi) is 11.5. The third-order valence-corrected chi connectivity index (χ3v) is 6.34. The number of thioether (sulfide) groups is 1. The van der Waals surface area contributed by atoms with Crippen molar-refractivity contribution < 1.29 is 23.9 Å². The number of nitrogens with one attached hydrogen (secondary N) is 2. The molecule has 0 bridgehead atoms. The standard InChI is InChI=1S/C12H23N.C10H17NO4S/c1-3-7-11(8-4-1)13-12-9-5-2-6-10-12;1-7(5-12)3-4-16-6-9(10(14)15)11-8(2)13/h11-13H,1-10H2;3,9,12H,4-6H2,1-2H3,(H,11,13)(H,14,15)/b;7-3+/t;9-/m.0/s1/i;2D3. The van der Waals surface area contributed by atoms with Crippen LogP contribution in [0.1, 0.15) is 82.1 Å². The number of hydrogen-bond donors (Lipinski definition) is 4. The Morgan fingerprint density at radius 1 is 1.10 bits per heavy atom. The number of aliphatic carboxylic acids is 1. The fourth-order valence-corrected chi connectivity index (χ4v) is 4.66. The van der Waals surface area contributed by atoms with Gasteiger partial charge in [0.2, 0.25) is 5.91 Å². The molecule has 29 heavy (non-hydrogen) atoms. The molecule has 0 aromatic carbocycles. The second-order valence-electron chi connectivity index (χ2n) is 7.95. The van der Waals surface area contributed by atoms with Crippen molar-refractivity contribution in [3.05, 3.63) is 11.6 Å². The lowest BCUT2D eigenvalue weighted by molar-refractivity contribution is -0.140. The van der Waals surface area contributed by atoms with Gasteiger partial charge in [-0.1, -0.05) is 50.2 Å². The van der Waals surface area contributed by atoms with Gasteiger partial charge in [-0.2, -0.15) is 11.8 Å². The van der Waals surface area contributed by atoms with Gasteiger partial charge < -0.3 is 20.8 Å². The first-order valence-electron chi connectivity index (χ1n) is 12.3. The highest BCUT2D eigenvalue weighted by Crippen LogP contribution is 2.22. The van der Waals surface area contributed by atoms with Crippen LogP contribution in [-0.4, -0.2) is 58.3 Å². The number of amides is 1. The zero-order chi connectivity index (χ0) is 24.0. The molecule has 1 atom stereocenters. The molecule has 2 aliphatic rings. The van der Waals surface area contributed by atoms with Gasteiger partial charge in [-0.05, 0) is 32.6 Å². The summed E-state index contributed by atoms with van der Waals surface area (Å²) in [6, 6.07) is 0.495. The van der Waals surface area contributed by atoms with Gasteiger partial charge >= 0.3 is 5.97 Å². The number of carbonyl (C=O) groups excluding carboxylic acids is 1. The second-order valence-corrected chi connectivity index (χ2v) is 9.02. The lowest BCUT2D eigenvalue weighted by Gasteiger charge is -2.30. The second kappa shape index (κ2) is 15.7. The molecule has 168 valence electrons. The summed E-state index contributed by atoms with van der Waals surface area (Å²) in [6.07, 6.45) is 16.3. The van der Waals surface area contributed by atoms with E-state index in [1.54, 1.807) is 13.0 Å². The normalized spacial score (nSPS) is 21.7. The average molecular weight is 432 g/mol. The van der Waals surface area contributed by atoms with Gasteiger partial charge in [0.1, 0.15) is 6.04 Å². The summed E-state index contributed by atoms with van der Waals surface area (Å²) >= 11 is 1.22. The Bertz CT molecular complexity index is 574. The van der Waals surface area contributed by atoms with E-state index >= 15 is 0 Å². The summed E-state index contributed by atoms with van der Waals surface area (Å²) in [5, 5.41) is 23.4. The lowest BCUT2D eigenvalue weighted by atomic mass is 9.91. The molecule has 1 amide bonds. The molecule has 0 aromatic heterocycles. The van der Waals surface area contributed by atoms with Crippen molar-refractivity contribution in [2.24, 2.45) is 0 Å². The number of carboxylic acids is 1. The van der Waals surface area contributed by atoms with E-state index in [0.29, 0.717) is 5.75 Å². The molecule has 0 unspecified atom stereocenters. The molecule has 0 saturated heterocycles. The van der Waals surface area contributed by atoms with Gasteiger partial charge in [0.25, 0.3) is 0 Å². The third-order valence-electron chi connectivity index (χ3n) is 5.37. The van der Waals surface area contributed by atoms with E-state index in [0.717, 1.165) is 17.7 Å². The number of rotatable bonds is 9.